The molecule has 0 aliphatic heterocycles. The van der Waals surface area contributed by atoms with Gasteiger partial charge in [0, 0.05) is 24.2 Å². The summed E-state index contributed by atoms with van der Waals surface area (Å²) in [6, 6.07) is 37.7. The van der Waals surface area contributed by atoms with Crippen molar-refractivity contribution in [2.24, 2.45) is 0 Å². The van der Waals surface area contributed by atoms with E-state index in [0.29, 0.717) is 47.1 Å². The van der Waals surface area contributed by atoms with Crippen molar-refractivity contribution in [1.82, 2.24) is 0 Å². The van der Waals surface area contributed by atoms with E-state index in [9.17, 15) is 30.8 Å². The van der Waals surface area contributed by atoms with Crippen molar-refractivity contribution < 1.29 is 60.0 Å². The van der Waals surface area contributed by atoms with Crippen LogP contribution in [0.15, 0.2) is 149 Å². The summed E-state index contributed by atoms with van der Waals surface area (Å²) in [5.74, 6) is -0.234. The minimum atomic E-state index is -4.05. The molecule has 14 nitrogen and oxygen atoms in total. The van der Waals surface area contributed by atoms with Crippen LogP contribution >= 0.6 is 0 Å². The summed E-state index contributed by atoms with van der Waals surface area (Å²) >= 11 is 0. The van der Waals surface area contributed by atoms with Crippen LogP contribution in [0.1, 0.15) is 35.1 Å². The molecule has 0 fully saturated rings. The van der Waals surface area contributed by atoms with Crippen LogP contribution in [-0.4, -0.2) is 65.4 Å². The van der Waals surface area contributed by atoms with E-state index in [1.165, 1.54) is 30.3 Å². The number of halogens is 1. The summed E-state index contributed by atoms with van der Waals surface area (Å²) in [5.41, 5.74) is 4.03. The highest BCUT2D eigenvalue weighted by Gasteiger charge is 2.19. The maximum Gasteiger partial charge on any atom is 0.303 e. The molecule has 0 atom stereocenters. The Balaban J connectivity index is 0.000000244. The van der Waals surface area contributed by atoms with Crippen LogP contribution in [0, 0.1) is 19.7 Å². The minimum absolute atomic E-state index is 0.0177. The lowest BCUT2D eigenvalue weighted by Gasteiger charge is -2.13. The fraction of sp³-hybridized carbons (Fsp3) is 0.208. The van der Waals surface area contributed by atoms with Gasteiger partial charge in [-0.2, -0.15) is 0 Å². The molecular formula is C48H49FN2O12S2. The lowest BCUT2D eigenvalue weighted by molar-refractivity contribution is -0.138. The highest BCUT2D eigenvalue weighted by Crippen LogP contribution is 2.25. The van der Waals surface area contributed by atoms with E-state index < -0.39 is 42.7 Å². The van der Waals surface area contributed by atoms with Gasteiger partial charge in [-0.15, -0.1) is 0 Å². The zero-order valence-corrected chi connectivity index (χ0v) is 37.2. The average Bonchev–Trinajstić information content (AvgIpc) is 3.27. The van der Waals surface area contributed by atoms with E-state index >= 15 is 0 Å². The number of sulfonamides is 2. The molecular weight excluding hydrogens is 880 g/mol. The molecule has 342 valence electrons. The van der Waals surface area contributed by atoms with Crippen LogP contribution in [0.3, 0.4) is 0 Å². The lowest BCUT2D eigenvalue weighted by atomic mass is 10.1. The van der Waals surface area contributed by atoms with Gasteiger partial charge >= 0.3 is 11.9 Å². The molecule has 6 aromatic carbocycles. The number of hydrogen-bond acceptors (Lipinski definition) is 10. The first-order chi connectivity index (χ1) is 31.1. The predicted octanol–water partition coefficient (Wildman–Crippen LogP) is 8.68. The fourth-order valence-electron chi connectivity index (χ4n) is 6.23. The highest BCUT2D eigenvalue weighted by atomic mass is 32.2. The molecule has 0 bridgehead atoms. The lowest BCUT2D eigenvalue weighted by Crippen LogP contribution is -2.14. The number of para-hydroxylation sites is 2. The maximum absolute atomic E-state index is 13.8. The first-order valence-electron chi connectivity index (χ1n) is 20.3. The number of carboxylic acid groups (broad SMARTS) is 2. The molecule has 4 N–H and O–H groups in total. The standard InChI is InChI=1S/C25H27NO6S.C23H22FNO6S/c1-18-7-13-24(19(2)17-18)33(29,30)26-21-9-11-22(12-10-21)31-15-16-32-23-6-4-3-5-20(23)8-14-25(27)28;24-20-6-2-4-8-22(20)32(28,29)25-18-10-12-19(13-11-18)30-15-16-31-21-7-3-1-5-17(21)9-14-23(26)27/h3-7,9-13,17,26H,8,14-16H2,1-2H3,(H,27,28);1-8,10-13,25H,9,14-16H2,(H,26,27). The Bertz CT molecular complexity index is 2750. The summed E-state index contributed by atoms with van der Waals surface area (Å²) in [6.45, 7) is 4.72. The smallest absolute Gasteiger partial charge is 0.303 e. The molecule has 6 aromatic rings. The van der Waals surface area contributed by atoms with Crippen LogP contribution in [0.2, 0.25) is 0 Å². The number of hydrogen-bond donors (Lipinski definition) is 4. The number of benzene rings is 6. The molecule has 0 spiro atoms. The van der Waals surface area contributed by atoms with E-state index in [1.807, 2.05) is 49.4 Å². The number of rotatable bonds is 22. The number of ether oxygens (including phenoxy) is 4. The molecule has 6 rings (SSSR count). The van der Waals surface area contributed by atoms with Crippen molar-refractivity contribution in [2.75, 3.05) is 35.9 Å². The van der Waals surface area contributed by atoms with Gasteiger partial charge in [-0.3, -0.25) is 19.0 Å². The van der Waals surface area contributed by atoms with Crippen LogP contribution in [-0.2, 0) is 42.5 Å². The Morgan fingerprint density at radius 1 is 0.523 bits per heavy atom. The van der Waals surface area contributed by atoms with E-state index in [-0.39, 0.29) is 49.9 Å². The molecule has 0 aliphatic rings. The van der Waals surface area contributed by atoms with Crippen LogP contribution in [0.4, 0.5) is 15.8 Å². The summed E-state index contributed by atoms with van der Waals surface area (Å²) < 4.78 is 91.4. The van der Waals surface area contributed by atoms with Crippen molar-refractivity contribution in [2.45, 2.75) is 49.3 Å². The van der Waals surface area contributed by atoms with Gasteiger partial charge in [0.2, 0.25) is 0 Å². The largest absolute Gasteiger partial charge is 0.490 e. The minimum Gasteiger partial charge on any atom is -0.490 e. The normalized spacial score (nSPS) is 11.1. The molecule has 0 saturated heterocycles. The molecule has 17 heteroatoms. The van der Waals surface area contributed by atoms with Gasteiger partial charge in [-0.25, -0.2) is 21.2 Å². The summed E-state index contributed by atoms with van der Waals surface area (Å²) in [7, 11) is -7.73. The monoisotopic (exact) mass is 928 g/mol. The third kappa shape index (κ3) is 15.6. The Hall–Kier alpha value is -7.11. The molecule has 0 saturated carbocycles. The van der Waals surface area contributed by atoms with Crippen molar-refractivity contribution >= 4 is 43.4 Å². The Kier molecular flexibility index (Phi) is 17.7. The van der Waals surface area contributed by atoms with E-state index in [0.717, 1.165) is 22.8 Å². The van der Waals surface area contributed by atoms with Gasteiger partial charge in [0.15, 0.2) is 0 Å². The van der Waals surface area contributed by atoms with Gasteiger partial charge in [-0.1, -0.05) is 66.2 Å². The Labute approximate surface area is 377 Å². The van der Waals surface area contributed by atoms with Crippen molar-refractivity contribution in [3.05, 3.63) is 168 Å². The first kappa shape index (κ1) is 48.9. The number of aryl methyl sites for hydroxylation is 4. The number of carboxylic acids is 2. The van der Waals surface area contributed by atoms with Crippen molar-refractivity contribution in [3.63, 3.8) is 0 Å². The molecule has 0 aliphatic carbocycles. The zero-order chi connectivity index (χ0) is 46.8. The molecule has 65 heavy (non-hydrogen) atoms. The second kappa shape index (κ2) is 23.5. The first-order valence-corrected chi connectivity index (χ1v) is 23.2. The summed E-state index contributed by atoms with van der Waals surface area (Å²) in [4.78, 5) is 21.4. The zero-order valence-electron chi connectivity index (χ0n) is 35.6. The average molecular weight is 929 g/mol. The van der Waals surface area contributed by atoms with E-state index in [2.05, 4.69) is 9.44 Å². The van der Waals surface area contributed by atoms with Gasteiger partial charge in [-0.05, 0) is 122 Å². The topological polar surface area (TPSA) is 204 Å². The highest BCUT2D eigenvalue weighted by molar-refractivity contribution is 7.93. The second-order valence-corrected chi connectivity index (χ2v) is 17.7. The molecule has 0 heterocycles. The quantitative estimate of drug-likeness (QED) is 0.0473. The van der Waals surface area contributed by atoms with E-state index in [1.54, 1.807) is 67.6 Å². The number of anilines is 2. The molecule has 0 unspecified atom stereocenters. The second-order valence-electron chi connectivity index (χ2n) is 14.4. The molecule has 0 amide bonds. The van der Waals surface area contributed by atoms with Crippen molar-refractivity contribution in [3.8, 4) is 23.0 Å². The Morgan fingerprint density at radius 3 is 1.38 bits per heavy atom. The number of nitrogens with one attached hydrogen (secondary N) is 2. The van der Waals surface area contributed by atoms with Crippen LogP contribution < -0.4 is 28.4 Å². The Morgan fingerprint density at radius 2 is 0.938 bits per heavy atom. The summed E-state index contributed by atoms with van der Waals surface area (Å²) in [5, 5.41) is 17.7. The van der Waals surface area contributed by atoms with Gasteiger partial charge in [0.1, 0.15) is 60.1 Å². The van der Waals surface area contributed by atoms with Crippen LogP contribution in [0.5, 0.6) is 23.0 Å². The molecule has 0 radical (unpaired) electrons. The van der Waals surface area contributed by atoms with Crippen LogP contribution in [0.25, 0.3) is 0 Å². The SMILES string of the molecule is Cc1ccc(S(=O)(=O)Nc2ccc(OCCOc3ccccc3CCC(=O)O)cc2)c(C)c1.O=C(O)CCc1ccccc1OCCOc1ccc(NS(=O)(=O)c2ccccc2F)cc1. The third-order valence-corrected chi connectivity index (χ3v) is 12.3. The summed E-state index contributed by atoms with van der Waals surface area (Å²) in [6.07, 6.45) is 0.822. The van der Waals surface area contributed by atoms with Gasteiger partial charge < -0.3 is 29.2 Å². The van der Waals surface area contributed by atoms with Crippen molar-refractivity contribution in [1.29, 1.82) is 0 Å². The third-order valence-electron chi connectivity index (χ3n) is 9.34. The van der Waals surface area contributed by atoms with Gasteiger partial charge in [0.25, 0.3) is 20.0 Å². The predicted molar refractivity (Wildman–Crippen MR) is 244 cm³/mol. The molecule has 0 aromatic heterocycles. The maximum atomic E-state index is 13.8. The number of aliphatic carboxylic acids is 2. The number of carbonyl (C=O) groups is 2. The van der Waals surface area contributed by atoms with Gasteiger partial charge in [0.05, 0.1) is 4.90 Å². The fourth-order valence-corrected chi connectivity index (χ4v) is 8.66. The van der Waals surface area contributed by atoms with E-state index in [4.69, 9.17) is 29.2 Å².